The predicted octanol–water partition coefficient (Wildman–Crippen LogP) is 3.12. The molecule has 1 aromatic heterocycles. The van der Waals surface area contributed by atoms with Gasteiger partial charge in [0.2, 0.25) is 0 Å². The van der Waals surface area contributed by atoms with Crippen LogP contribution in [0.3, 0.4) is 0 Å². The Labute approximate surface area is 131 Å². The van der Waals surface area contributed by atoms with Gasteiger partial charge in [0, 0.05) is 24.1 Å². The third kappa shape index (κ3) is 2.15. The minimum atomic E-state index is -0.391. The van der Waals surface area contributed by atoms with E-state index in [2.05, 4.69) is 16.5 Å². The van der Waals surface area contributed by atoms with Gasteiger partial charge < -0.3 is 14.9 Å². The molecule has 0 amide bonds. The molecule has 5 aliphatic carbocycles. The normalized spacial score (nSPS) is 43.5. The van der Waals surface area contributed by atoms with E-state index >= 15 is 0 Å². The zero-order valence-corrected chi connectivity index (χ0v) is 13.2. The maximum absolute atomic E-state index is 10.8. The van der Waals surface area contributed by atoms with E-state index in [-0.39, 0.29) is 5.54 Å². The Bertz CT molecular complexity index is 563. The first kappa shape index (κ1) is 13.6. The molecule has 0 saturated heterocycles. The van der Waals surface area contributed by atoms with Gasteiger partial charge in [-0.15, -0.1) is 0 Å². The van der Waals surface area contributed by atoms with Crippen molar-refractivity contribution in [1.29, 1.82) is 0 Å². The number of aromatic nitrogens is 1. The summed E-state index contributed by atoms with van der Waals surface area (Å²) >= 11 is 0. The summed E-state index contributed by atoms with van der Waals surface area (Å²) in [6.07, 6.45) is 10.6. The first-order valence-corrected chi connectivity index (χ1v) is 9.04. The SMILES string of the molecule is OC12CC3CC(C1)CC(NCc1cc(C4CCC4)on1)(C3)C2. The Hall–Kier alpha value is -0.870. The topological polar surface area (TPSA) is 58.3 Å². The lowest BCUT2D eigenvalue weighted by Crippen LogP contribution is -2.64. The van der Waals surface area contributed by atoms with Gasteiger partial charge in [-0.3, -0.25) is 0 Å². The van der Waals surface area contributed by atoms with E-state index in [0.717, 1.165) is 49.1 Å². The summed E-state index contributed by atoms with van der Waals surface area (Å²) in [5, 5.41) is 18.8. The summed E-state index contributed by atoms with van der Waals surface area (Å²) < 4.78 is 5.52. The van der Waals surface area contributed by atoms with Crippen LogP contribution in [0, 0.1) is 11.8 Å². The summed E-state index contributed by atoms with van der Waals surface area (Å²) in [5.41, 5.74) is 0.788. The highest BCUT2D eigenvalue weighted by atomic mass is 16.5. The monoisotopic (exact) mass is 302 g/mol. The van der Waals surface area contributed by atoms with Crippen LogP contribution in [-0.2, 0) is 6.54 Å². The van der Waals surface area contributed by atoms with Crippen LogP contribution < -0.4 is 5.32 Å². The van der Waals surface area contributed by atoms with E-state index in [1.54, 1.807) is 0 Å². The van der Waals surface area contributed by atoms with Gasteiger partial charge in [0.15, 0.2) is 0 Å². The van der Waals surface area contributed by atoms with E-state index < -0.39 is 5.60 Å². The van der Waals surface area contributed by atoms with E-state index in [1.165, 1.54) is 38.5 Å². The lowest BCUT2D eigenvalue weighted by atomic mass is 9.51. The summed E-state index contributed by atoms with van der Waals surface area (Å²) in [6.45, 7) is 0.783. The Morgan fingerprint density at radius 1 is 1.23 bits per heavy atom. The maximum atomic E-state index is 10.8. The van der Waals surface area contributed by atoms with E-state index in [1.807, 2.05) is 0 Å². The molecule has 1 aromatic rings. The molecule has 5 aliphatic rings. The Kier molecular flexibility index (Phi) is 2.82. The molecule has 2 atom stereocenters. The molecule has 22 heavy (non-hydrogen) atoms. The molecule has 0 aliphatic heterocycles. The molecule has 0 spiro atoms. The van der Waals surface area contributed by atoms with Crippen molar-refractivity contribution >= 4 is 0 Å². The molecule has 4 nitrogen and oxygen atoms in total. The maximum Gasteiger partial charge on any atom is 0.140 e. The standard InChI is InChI=1S/C18H26N2O2/c21-18-8-12-4-13(9-18)7-17(6-12,11-18)19-10-15-5-16(22-20-15)14-2-1-3-14/h5,12-14,19,21H,1-4,6-11H2. The molecule has 0 radical (unpaired) electrons. The fourth-order valence-corrected chi connectivity index (χ4v) is 6.00. The molecule has 5 fully saturated rings. The van der Waals surface area contributed by atoms with E-state index in [4.69, 9.17) is 4.52 Å². The van der Waals surface area contributed by atoms with Gasteiger partial charge in [-0.25, -0.2) is 0 Å². The number of rotatable bonds is 4. The Morgan fingerprint density at radius 3 is 2.64 bits per heavy atom. The minimum absolute atomic E-state index is 0.147. The Morgan fingerprint density at radius 2 is 2.00 bits per heavy atom. The van der Waals surface area contributed by atoms with Crippen LogP contribution in [0.1, 0.15) is 75.2 Å². The van der Waals surface area contributed by atoms with Crippen LogP contribution in [0.15, 0.2) is 10.6 Å². The van der Waals surface area contributed by atoms with Crippen LogP contribution in [0.4, 0.5) is 0 Å². The molecule has 5 saturated carbocycles. The minimum Gasteiger partial charge on any atom is -0.390 e. The average molecular weight is 302 g/mol. The predicted molar refractivity (Wildman–Crippen MR) is 82.3 cm³/mol. The lowest BCUT2D eigenvalue weighted by Gasteiger charge is -2.60. The highest BCUT2D eigenvalue weighted by molar-refractivity contribution is 5.15. The summed E-state index contributed by atoms with van der Waals surface area (Å²) in [4.78, 5) is 0. The fraction of sp³-hybridized carbons (Fsp3) is 0.833. The van der Waals surface area contributed by atoms with Crippen LogP contribution in [0.25, 0.3) is 0 Å². The third-order valence-electron chi connectivity index (χ3n) is 6.76. The van der Waals surface area contributed by atoms with Gasteiger partial charge in [-0.2, -0.15) is 0 Å². The van der Waals surface area contributed by atoms with E-state index in [9.17, 15) is 5.11 Å². The third-order valence-corrected chi connectivity index (χ3v) is 6.76. The molecule has 6 rings (SSSR count). The summed E-state index contributed by atoms with van der Waals surface area (Å²) in [6, 6.07) is 2.14. The zero-order valence-electron chi connectivity index (χ0n) is 13.2. The second-order valence-electron chi connectivity index (χ2n) is 8.67. The first-order chi connectivity index (χ1) is 10.6. The molecule has 2 unspecified atom stereocenters. The van der Waals surface area contributed by atoms with Crippen molar-refractivity contribution in [2.75, 3.05) is 0 Å². The number of nitrogens with one attached hydrogen (secondary N) is 1. The number of hydrogen-bond acceptors (Lipinski definition) is 4. The largest absolute Gasteiger partial charge is 0.390 e. The van der Waals surface area contributed by atoms with Crippen LogP contribution >= 0.6 is 0 Å². The van der Waals surface area contributed by atoms with Gasteiger partial charge in [-0.1, -0.05) is 11.6 Å². The molecule has 0 aromatic carbocycles. The van der Waals surface area contributed by atoms with Crippen LogP contribution in [0.2, 0.25) is 0 Å². The molecular formula is C18H26N2O2. The molecule has 2 N–H and O–H groups in total. The quantitative estimate of drug-likeness (QED) is 0.897. The van der Waals surface area contributed by atoms with Crippen LogP contribution in [-0.4, -0.2) is 21.4 Å². The van der Waals surface area contributed by atoms with E-state index in [0.29, 0.717) is 5.92 Å². The lowest BCUT2D eigenvalue weighted by molar-refractivity contribution is -0.142. The van der Waals surface area contributed by atoms with Gasteiger partial charge >= 0.3 is 0 Å². The van der Waals surface area contributed by atoms with Crippen molar-refractivity contribution in [2.45, 2.75) is 81.4 Å². The number of aliphatic hydroxyl groups is 1. The van der Waals surface area contributed by atoms with Crippen molar-refractivity contribution in [3.8, 4) is 0 Å². The van der Waals surface area contributed by atoms with Gasteiger partial charge in [0.25, 0.3) is 0 Å². The molecule has 4 bridgehead atoms. The number of nitrogens with zero attached hydrogens (tertiary/aromatic N) is 1. The van der Waals surface area contributed by atoms with Gasteiger partial charge in [0.05, 0.1) is 11.3 Å². The second kappa shape index (κ2) is 4.57. The smallest absolute Gasteiger partial charge is 0.140 e. The fourth-order valence-electron chi connectivity index (χ4n) is 6.00. The molecule has 1 heterocycles. The van der Waals surface area contributed by atoms with Crippen molar-refractivity contribution in [3.05, 3.63) is 17.5 Å². The number of hydrogen-bond donors (Lipinski definition) is 2. The van der Waals surface area contributed by atoms with Crippen molar-refractivity contribution in [1.82, 2.24) is 10.5 Å². The molecule has 4 heteroatoms. The Balaban J connectivity index is 1.28. The summed E-state index contributed by atoms with van der Waals surface area (Å²) in [5.74, 6) is 3.14. The average Bonchev–Trinajstić information content (AvgIpc) is 2.80. The van der Waals surface area contributed by atoms with Crippen LogP contribution in [0.5, 0.6) is 0 Å². The van der Waals surface area contributed by atoms with Crippen molar-refractivity contribution < 1.29 is 9.63 Å². The highest BCUT2D eigenvalue weighted by Crippen LogP contribution is 2.57. The van der Waals surface area contributed by atoms with Crippen molar-refractivity contribution in [2.24, 2.45) is 11.8 Å². The van der Waals surface area contributed by atoms with Gasteiger partial charge in [0.1, 0.15) is 5.76 Å². The second-order valence-corrected chi connectivity index (χ2v) is 8.67. The van der Waals surface area contributed by atoms with Gasteiger partial charge in [-0.05, 0) is 63.2 Å². The molecular weight excluding hydrogens is 276 g/mol. The molecule has 120 valence electrons. The zero-order chi connectivity index (χ0) is 14.8. The van der Waals surface area contributed by atoms with Crippen molar-refractivity contribution in [3.63, 3.8) is 0 Å². The highest BCUT2D eigenvalue weighted by Gasteiger charge is 2.56. The first-order valence-electron chi connectivity index (χ1n) is 9.04. The summed E-state index contributed by atoms with van der Waals surface area (Å²) in [7, 11) is 0.